The quantitative estimate of drug-likeness (QED) is 0.679. The second kappa shape index (κ2) is 5.61. The SMILES string of the molecule is Nc1nc(-c2ccccc2O)cc(C2CCCCN2)c1N. The van der Waals surface area contributed by atoms with E-state index in [0.29, 0.717) is 22.8 Å². The van der Waals surface area contributed by atoms with E-state index in [1.54, 1.807) is 12.1 Å². The van der Waals surface area contributed by atoms with Gasteiger partial charge in [0.15, 0.2) is 0 Å². The number of pyridine rings is 1. The summed E-state index contributed by atoms with van der Waals surface area (Å²) in [7, 11) is 0. The number of phenols is 1. The van der Waals surface area contributed by atoms with E-state index < -0.39 is 0 Å². The molecular formula is C16H20N4O. The van der Waals surface area contributed by atoms with Gasteiger partial charge in [0, 0.05) is 11.6 Å². The van der Waals surface area contributed by atoms with Crippen molar-refractivity contribution in [2.45, 2.75) is 25.3 Å². The second-order valence-corrected chi connectivity index (χ2v) is 5.42. The molecule has 1 aliphatic heterocycles. The number of benzene rings is 1. The average Bonchev–Trinajstić information content (AvgIpc) is 2.51. The molecule has 1 saturated heterocycles. The Morgan fingerprint density at radius 1 is 1.19 bits per heavy atom. The van der Waals surface area contributed by atoms with Crippen molar-refractivity contribution in [3.8, 4) is 17.0 Å². The Labute approximate surface area is 124 Å². The van der Waals surface area contributed by atoms with Gasteiger partial charge in [0.1, 0.15) is 11.6 Å². The van der Waals surface area contributed by atoms with E-state index >= 15 is 0 Å². The van der Waals surface area contributed by atoms with Gasteiger partial charge in [-0.3, -0.25) is 0 Å². The number of aromatic nitrogens is 1. The predicted molar refractivity (Wildman–Crippen MR) is 84.8 cm³/mol. The first-order valence-corrected chi connectivity index (χ1v) is 7.24. The van der Waals surface area contributed by atoms with Crippen molar-refractivity contribution < 1.29 is 5.11 Å². The van der Waals surface area contributed by atoms with Crippen LogP contribution in [-0.4, -0.2) is 16.6 Å². The molecule has 1 aromatic heterocycles. The van der Waals surface area contributed by atoms with Crippen LogP contribution in [-0.2, 0) is 0 Å². The Bertz CT molecular complexity index is 651. The molecule has 1 unspecified atom stereocenters. The molecule has 0 aliphatic carbocycles. The van der Waals surface area contributed by atoms with Crippen LogP contribution in [0, 0.1) is 0 Å². The van der Waals surface area contributed by atoms with E-state index in [-0.39, 0.29) is 11.8 Å². The molecule has 5 nitrogen and oxygen atoms in total. The number of nitrogens with one attached hydrogen (secondary N) is 1. The molecule has 3 rings (SSSR count). The lowest BCUT2D eigenvalue weighted by Crippen LogP contribution is -2.27. The van der Waals surface area contributed by atoms with Crippen LogP contribution in [0.2, 0.25) is 0 Å². The van der Waals surface area contributed by atoms with Crippen LogP contribution in [0.25, 0.3) is 11.3 Å². The predicted octanol–water partition coefficient (Wildman–Crippen LogP) is 2.43. The largest absolute Gasteiger partial charge is 0.507 e. The fraction of sp³-hybridized carbons (Fsp3) is 0.312. The van der Waals surface area contributed by atoms with Crippen LogP contribution < -0.4 is 16.8 Å². The second-order valence-electron chi connectivity index (χ2n) is 5.42. The molecular weight excluding hydrogens is 264 g/mol. The van der Waals surface area contributed by atoms with E-state index in [9.17, 15) is 5.11 Å². The first-order chi connectivity index (χ1) is 10.2. The number of rotatable bonds is 2. The molecule has 2 heterocycles. The van der Waals surface area contributed by atoms with Crippen LogP contribution in [0.3, 0.4) is 0 Å². The zero-order valence-corrected chi connectivity index (χ0v) is 11.8. The summed E-state index contributed by atoms with van der Waals surface area (Å²) >= 11 is 0. The highest BCUT2D eigenvalue weighted by Crippen LogP contribution is 2.35. The minimum absolute atomic E-state index is 0.191. The van der Waals surface area contributed by atoms with Crippen LogP contribution in [0.5, 0.6) is 5.75 Å². The zero-order chi connectivity index (χ0) is 14.8. The van der Waals surface area contributed by atoms with Gasteiger partial charge >= 0.3 is 0 Å². The smallest absolute Gasteiger partial charge is 0.147 e. The van der Waals surface area contributed by atoms with Crippen LogP contribution in [0.1, 0.15) is 30.9 Å². The van der Waals surface area contributed by atoms with Crippen LogP contribution in [0.15, 0.2) is 30.3 Å². The molecule has 2 aromatic rings. The molecule has 0 bridgehead atoms. The zero-order valence-electron chi connectivity index (χ0n) is 11.8. The molecule has 110 valence electrons. The lowest BCUT2D eigenvalue weighted by Gasteiger charge is -2.25. The van der Waals surface area contributed by atoms with E-state index in [4.69, 9.17) is 11.5 Å². The van der Waals surface area contributed by atoms with Crippen molar-refractivity contribution in [3.63, 3.8) is 0 Å². The summed E-state index contributed by atoms with van der Waals surface area (Å²) in [6.07, 6.45) is 3.39. The highest BCUT2D eigenvalue weighted by molar-refractivity contribution is 5.74. The minimum Gasteiger partial charge on any atom is -0.507 e. The van der Waals surface area contributed by atoms with Gasteiger partial charge in [0.2, 0.25) is 0 Å². The molecule has 5 heteroatoms. The maximum Gasteiger partial charge on any atom is 0.147 e. The third kappa shape index (κ3) is 2.64. The number of nitrogens with zero attached hydrogens (tertiary/aromatic N) is 1. The number of aromatic hydroxyl groups is 1. The number of piperidine rings is 1. The molecule has 0 amide bonds. The third-order valence-corrected chi connectivity index (χ3v) is 3.99. The number of nitrogens with two attached hydrogens (primary N) is 2. The van der Waals surface area contributed by atoms with Crippen molar-refractivity contribution in [2.75, 3.05) is 18.0 Å². The van der Waals surface area contributed by atoms with Gasteiger partial charge in [-0.25, -0.2) is 4.98 Å². The average molecular weight is 284 g/mol. The van der Waals surface area contributed by atoms with E-state index in [2.05, 4.69) is 10.3 Å². The Hall–Kier alpha value is -2.27. The lowest BCUT2D eigenvalue weighted by atomic mass is 9.95. The molecule has 1 atom stereocenters. The van der Waals surface area contributed by atoms with Crippen molar-refractivity contribution in [3.05, 3.63) is 35.9 Å². The minimum atomic E-state index is 0.191. The maximum atomic E-state index is 10.00. The molecule has 1 aromatic carbocycles. The van der Waals surface area contributed by atoms with Gasteiger partial charge in [0.05, 0.1) is 11.4 Å². The van der Waals surface area contributed by atoms with Gasteiger partial charge < -0.3 is 21.9 Å². The molecule has 21 heavy (non-hydrogen) atoms. The van der Waals surface area contributed by atoms with Gasteiger partial charge in [0.25, 0.3) is 0 Å². The molecule has 6 N–H and O–H groups in total. The van der Waals surface area contributed by atoms with E-state index in [1.807, 2.05) is 18.2 Å². The summed E-state index contributed by atoms with van der Waals surface area (Å²) in [5.74, 6) is 0.509. The number of hydrogen-bond donors (Lipinski definition) is 4. The summed E-state index contributed by atoms with van der Waals surface area (Å²) in [4.78, 5) is 4.32. The number of para-hydroxylation sites is 1. The first-order valence-electron chi connectivity index (χ1n) is 7.24. The number of anilines is 2. The standard InChI is InChI=1S/C16H20N4O/c17-15-11(12-6-3-4-8-19-12)9-13(20-16(15)18)10-5-1-2-7-14(10)21/h1-2,5,7,9,12,19,21H,3-4,6,8,17H2,(H2,18,20). The molecule has 1 aliphatic rings. The Balaban J connectivity index is 2.07. The number of hydrogen-bond acceptors (Lipinski definition) is 5. The van der Waals surface area contributed by atoms with Crippen molar-refractivity contribution in [1.82, 2.24) is 10.3 Å². The van der Waals surface area contributed by atoms with Crippen LogP contribution >= 0.6 is 0 Å². The Morgan fingerprint density at radius 2 is 2.00 bits per heavy atom. The number of nitrogen functional groups attached to an aromatic ring is 2. The van der Waals surface area contributed by atoms with E-state index in [1.165, 1.54) is 12.8 Å². The molecule has 0 spiro atoms. The van der Waals surface area contributed by atoms with Gasteiger partial charge in [-0.05, 0) is 43.1 Å². The molecule has 0 saturated carbocycles. The monoisotopic (exact) mass is 284 g/mol. The summed E-state index contributed by atoms with van der Waals surface area (Å²) in [5, 5.41) is 13.5. The van der Waals surface area contributed by atoms with Gasteiger partial charge in [-0.2, -0.15) is 0 Å². The highest BCUT2D eigenvalue weighted by atomic mass is 16.3. The highest BCUT2D eigenvalue weighted by Gasteiger charge is 2.20. The normalized spacial score (nSPS) is 18.6. The number of phenolic OH excluding ortho intramolecular Hbond substituents is 1. The van der Waals surface area contributed by atoms with Crippen LogP contribution in [0.4, 0.5) is 11.5 Å². The van der Waals surface area contributed by atoms with E-state index in [0.717, 1.165) is 18.5 Å². The topological polar surface area (TPSA) is 97.2 Å². The summed E-state index contributed by atoms with van der Waals surface area (Å²) in [5.41, 5.74) is 14.9. The van der Waals surface area contributed by atoms with Crippen molar-refractivity contribution in [2.24, 2.45) is 0 Å². The fourth-order valence-electron chi connectivity index (χ4n) is 2.83. The molecule has 0 radical (unpaired) electrons. The summed E-state index contributed by atoms with van der Waals surface area (Å²) in [6.45, 7) is 0.984. The Kier molecular flexibility index (Phi) is 3.66. The summed E-state index contributed by atoms with van der Waals surface area (Å²) in [6, 6.07) is 9.25. The maximum absolute atomic E-state index is 10.00. The summed E-state index contributed by atoms with van der Waals surface area (Å²) < 4.78 is 0. The van der Waals surface area contributed by atoms with Crippen molar-refractivity contribution in [1.29, 1.82) is 0 Å². The fourth-order valence-corrected chi connectivity index (χ4v) is 2.83. The van der Waals surface area contributed by atoms with Gasteiger partial charge in [-0.15, -0.1) is 0 Å². The Morgan fingerprint density at radius 3 is 2.71 bits per heavy atom. The van der Waals surface area contributed by atoms with Gasteiger partial charge in [-0.1, -0.05) is 18.6 Å². The molecule has 1 fully saturated rings. The van der Waals surface area contributed by atoms with Crippen molar-refractivity contribution >= 4 is 11.5 Å². The third-order valence-electron chi connectivity index (χ3n) is 3.99. The first kappa shape index (κ1) is 13.7. The lowest BCUT2D eigenvalue weighted by molar-refractivity contribution is 0.413.